The molecule has 1 rings (SSSR count). The number of carboxylic acid groups (broad SMARTS) is 1. The lowest BCUT2D eigenvalue weighted by molar-refractivity contribution is 0.0149. The molecule has 0 amide bonds. The summed E-state index contributed by atoms with van der Waals surface area (Å²) < 4.78 is 0. The van der Waals surface area contributed by atoms with E-state index in [1.54, 1.807) is 0 Å². The van der Waals surface area contributed by atoms with E-state index in [4.69, 9.17) is 10.6 Å². The zero-order valence-corrected chi connectivity index (χ0v) is 9.84. The zero-order chi connectivity index (χ0) is 14.4. The summed E-state index contributed by atoms with van der Waals surface area (Å²) in [5.41, 5.74) is 7.96. The molecule has 8 heteroatoms. The number of hydrogen-bond acceptors (Lipinski definition) is 5. The maximum Gasteiger partial charge on any atom is 0.339 e. The maximum atomic E-state index is 10.7. The quantitative estimate of drug-likeness (QED) is 0.347. The Morgan fingerprint density at radius 3 is 2.63 bits per heavy atom. The molecule has 19 heavy (non-hydrogen) atoms. The summed E-state index contributed by atoms with van der Waals surface area (Å²) in [6, 6.07) is 3.51. The average molecular weight is 267 g/mol. The van der Waals surface area contributed by atoms with Crippen LogP contribution in [0, 0.1) is 0 Å². The molecular formula is C11H13N3O5. The Bertz CT molecular complexity index is 513. The van der Waals surface area contributed by atoms with Crippen molar-refractivity contribution in [1.29, 1.82) is 0 Å². The number of aromatic carboxylic acids is 1. The SMILES string of the molecule is [N-]=[N+]=NCCC(O)C(O)c1ccc(C(=O)O)c(O)c1. The number of carbonyl (C=O) groups is 1. The van der Waals surface area contributed by atoms with Gasteiger partial charge in [-0.05, 0) is 29.6 Å². The van der Waals surface area contributed by atoms with Gasteiger partial charge in [0.15, 0.2) is 0 Å². The van der Waals surface area contributed by atoms with Gasteiger partial charge in [-0.2, -0.15) is 0 Å². The zero-order valence-electron chi connectivity index (χ0n) is 9.84. The van der Waals surface area contributed by atoms with Crippen molar-refractivity contribution >= 4 is 5.97 Å². The first-order valence-electron chi connectivity index (χ1n) is 5.40. The van der Waals surface area contributed by atoms with Crippen LogP contribution in [0.5, 0.6) is 5.75 Å². The second kappa shape index (κ2) is 6.60. The van der Waals surface area contributed by atoms with Crippen LogP contribution in [0.1, 0.15) is 28.4 Å². The number of phenols is 1. The highest BCUT2D eigenvalue weighted by Crippen LogP contribution is 2.25. The number of aromatic hydroxyl groups is 1. The molecule has 0 bridgehead atoms. The fourth-order valence-electron chi connectivity index (χ4n) is 1.53. The molecule has 4 N–H and O–H groups in total. The summed E-state index contributed by atoms with van der Waals surface area (Å²) in [6.07, 6.45) is -2.43. The molecule has 0 saturated carbocycles. The minimum atomic E-state index is -1.30. The molecule has 1 aromatic carbocycles. The number of carboxylic acids is 1. The van der Waals surface area contributed by atoms with E-state index < -0.39 is 23.9 Å². The lowest BCUT2D eigenvalue weighted by atomic mass is 10.00. The Morgan fingerprint density at radius 2 is 2.11 bits per heavy atom. The van der Waals surface area contributed by atoms with E-state index in [9.17, 15) is 20.1 Å². The van der Waals surface area contributed by atoms with Crippen LogP contribution < -0.4 is 0 Å². The van der Waals surface area contributed by atoms with Crippen molar-refractivity contribution in [2.75, 3.05) is 6.54 Å². The molecule has 0 fully saturated rings. The number of azide groups is 1. The predicted molar refractivity (Wildman–Crippen MR) is 64.7 cm³/mol. The third-order valence-electron chi connectivity index (χ3n) is 2.55. The van der Waals surface area contributed by atoms with Gasteiger partial charge < -0.3 is 20.4 Å². The molecular weight excluding hydrogens is 254 g/mol. The molecule has 102 valence electrons. The van der Waals surface area contributed by atoms with Crippen LogP contribution in [-0.2, 0) is 0 Å². The van der Waals surface area contributed by atoms with Crippen molar-refractivity contribution < 1.29 is 25.2 Å². The Labute approximate surface area is 108 Å². The standard InChI is InChI=1S/C11H13N3O5/c12-14-13-4-3-8(15)10(17)6-1-2-7(11(18)19)9(16)5-6/h1-2,5,8,10,15-17H,3-4H2,(H,18,19). The number of aliphatic hydroxyl groups is 2. The summed E-state index contributed by atoms with van der Waals surface area (Å²) in [5.74, 6) is -1.78. The van der Waals surface area contributed by atoms with Gasteiger partial charge in [-0.3, -0.25) is 0 Å². The van der Waals surface area contributed by atoms with Crippen LogP contribution in [0.4, 0.5) is 0 Å². The minimum Gasteiger partial charge on any atom is -0.507 e. The van der Waals surface area contributed by atoms with Crippen LogP contribution >= 0.6 is 0 Å². The predicted octanol–water partition coefficient (Wildman–Crippen LogP) is 1.19. The van der Waals surface area contributed by atoms with E-state index in [-0.39, 0.29) is 24.1 Å². The number of nitrogens with zero attached hydrogens (tertiary/aromatic N) is 3. The van der Waals surface area contributed by atoms with Gasteiger partial charge in [-0.25, -0.2) is 4.79 Å². The Hall–Kier alpha value is -2.28. The fourth-order valence-corrected chi connectivity index (χ4v) is 1.53. The third kappa shape index (κ3) is 3.85. The van der Waals surface area contributed by atoms with Crippen molar-refractivity contribution in [2.24, 2.45) is 5.11 Å². The van der Waals surface area contributed by atoms with Crippen LogP contribution in [0.15, 0.2) is 23.3 Å². The molecule has 2 unspecified atom stereocenters. The molecule has 1 aromatic rings. The average Bonchev–Trinajstić information content (AvgIpc) is 2.37. The van der Waals surface area contributed by atoms with Gasteiger partial charge in [0.2, 0.25) is 0 Å². The molecule has 0 saturated heterocycles. The number of aliphatic hydroxyl groups excluding tert-OH is 2. The van der Waals surface area contributed by atoms with Gasteiger partial charge in [0.05, 0.1) is 6.10 Å². The van der Waals surface area contributed by atoms with Crippen LogP contribution in [0.3, 0.4) is 0 Å². The first kappa shape index (κ1) is 14.8. The van der Waals surface area contributed by atoms with Crippen LogP contribution in [0.25, 0.3) is 10.4 Å². The summed E-state index contributed by atoms with van der Waals surface area (Å²) >= 11 is 0. The molecule has 0 aliphatic rings. The first-order valence-corrected chi connectivity index (χ1v) is 5.40. The first-order chi connectivity index (χ1) is 8.97. The van der Waals surface area contributed by atoms with Gasteiger partial charge in [0, 0.05) is 11.5 Å². The summed E-state index contributed by atoms with van der Waals surface area (Å²) in [5, 5.41) is 40.9. The molecule has 0 aliphatic heterocycles. The van der Waals surface area contributed by atoms with Gasteiger partial charge in [-0.15, -0.1) is 0 Å². The number of benzene rings is 1. The maximum absolute atomic E-state index is 10.7. The van der Waals surface area contributed by atoms with E-state index in [1.807, 2.05) is 0 Å². The van der Waals surface area contributed by atoms with Gasteiger partial charge >= 0.3 is 5.97 Å². The largest absolute Gasteiger partial charge is 0.507 e. The van der Waals surface area contributed by atoms with E-state index >= 15 is 0 Å². The van der Waals surface area contributed by atoms with Crippen molar-refractivity contribution in [2.45, 2.75) is 18.6 Å². The van der Waals surface area contributed by atoms with Crippen molar-refractivity contribution in [3.63, 3.8) is 0 Å². The highest BCUT2D eigenvalue weighted by atomic mass is 16.4. The van der Waals surface area contributed by atoms with Crippen molar-refractivity contribution in [3.05, 3.63) is 39.8 Å². The Morgan fingerprint density at radius 1 is 1.42 bits per heavy atom. The topological polar surface area (TPSA) is 147 Å². The van der Waals surface area contributed by atoms with E-state index in [0.717, 1.165) is 12.1 Å². The van der Waals surface area contributed by atoms with Gasteiger partial charge in [-0.1, -0.05) is 11.2 Å². The minimum absolute atomic E-state index is 0.0217. The second-order valence-electron chi connectivity index (χ2n) is 3.84. The number of rotatable bonds is 6. The van der Waals surface area contributed by atoms with E-state index in [2.05, 4.69) is 10.0 Å². The van der Waals surface area contributed by atoms with Crippen LogP contribution in [-0.4, -0.2) is 39.0 Å². The summed E-state index contributed by atoms with van der Waals surface area (Å²) in [4.78, 5) is 13.2. The molecule has 0 aliphatic carbocycles. The second-order valence-corrected chi connectivity index (χ2v) is 3.84. The summed E-state index contributed by atoms with van der Waals surface area (Å²) in [7, 11) is 0. The van der Waals surface area contributed by atoms with E-state index in [1.165, 1.54) is 6.07 Å². The monoisotopic (exact) mass is 267 g/mol. The highest BCUT2D eigenvalue weighted by molar-refractivity contribution is 5.90. The smallest absolute Gasteiger partial charge is 0.339 e. The number of hydrogen-bond donors (Lipinski definition) is 4. The van der Waals surface area contributed by atoms with Crippen LogP contribution in [0.2, 0.25) is 0 Å². The molecule has 0 spiro atoms. The third-order valence-corrected chi connectivity index (χ3v) is 2.55. The van der Waals surface area contributed by atoms with Crippen molar-refractivity contribution in [3.8, 4) is 5.75 Å². The van der Waals surface area contributed by atoms with Gasteiger partial charge in [0.25, 0.3) is 0 Å². The van der Waals surface area contributed by atoms with Gasteiger partial charge in [0.1, 0.15) is 17.4 Å². The van der Waals surface area contributed by atoms with E-state index in [0.29, 0.717) is 0 Å². The lowest BCUT2D eigenvalue weighted by Gasteiger charge is -2.17. The highest BCUT2D eigenvalue weighted by Gasteiger charge is 2.20. The van der Waals surface area contributed by atoms with Crippen molar-refractivity contribution in [1.82, 2.24) is 0 Å². The Balaban J connectivity index is 2.82. The normalized spacial score (nSPS) is 13.4. The Kier molecular flexibility index (Phi) is 5.13. The molecule has 0 heterocycles. The molecule has 2 atom stereocenters. The fraction of sp³-hybridized carbons (Fsp3) is 0.364. The molecule has 0 aromatic heterocycles. The lowest BCUT2D eigenvalue weighted by Crippen LogP contribution is -2.19. The summed E-state index contributed by atoms with van der Waals surface area (Å²) in [6.45, 7) is 0.0217. The molecule has 8 nitrogen and oxygen atoms in total. The molecule has 0 radical (unpaired) electrons.